The third-order valence-electron chi connectivity index (χ3n) is 2.78. The van der Waals surface area contributed by atoms with Crippen LogP contribution >= 0.6 is 0 Å². The van der Waals surface area contributed by atoms with E-state index >= 15 is 0 Å². The number of carbonyl (C=O) groups is 1. The topological polar surface area (TPSA) is 60.4 Å². The van der Waals surface area contributed by atoms with Crippen LogP contribution in [0, 0.1) is 5.82 Å². The third-order valence-corrected chi connectivity index (χ3v) is 2.78. The molecule has 0 saturated heterocycles. The van der Waals surface area contributed by atoms with Crippen molar-refractivity contribution in [1.82, 2.24) is 5.01 Å². The Morgan fingerprint density at radius 3 is 2.67 bits per heavy atom. The molecule has 134 valence electrons. The van der Waals surface area contributed by atoms with Crippen molar-refractivity contribution < 1.29 is 23.4 Å². The molecule has 1 aromatic carbocycles. The summed E-state index contributed by atoms with van der Waals surface area (Å²) in [7, 11) is 1.38. The van der Waals surface area contributed by atoms with Crippen LogP contribution in [0.2, 0.25) is 0 Å². The Bertz CT molecular complexity index is 570. The molecule has 0 unspecified atom stereocenters. The molecular weight excluding hydrogens is 315 g/mol. The monoisotopic (exact) mass is 340 g/mol. The molecule has 0 N–H and O–H groups in total. The molecule has 1 rings (SSSR count). The summed E-state index contributed by atoms with van der Waals surface area (Å²) in [6.07, 6.45) is 0.866. The molecule has 24 heavy (non-hydrogen) atoms. The van der Waals surface area contributed by atoms with E-state index in [1.54, 1.807) is 20.8 Å². The number of halogens is 1. The normalized spacial score (nSPS) is 11.6. The lowest BCUT2D eigenvalue weighted by Crippen LogP contribution is -2.35. The highest BCUT2D eigenvalue weighted by atomic mass is 19.1. The van der Waals surface area contributed by atoms with E-state index in [-0.39, 0.29) is 12.3 Å². The molecule has 0 heterocycles. The molecule has 1 amide bonds. The van der Waals surface area contributed by atoms with Gasteiger partial charge < -0.3 is 14.2 Å². The van der Waals surface area contributed by atoms with Gasteiger partial charge in [-0.1, -0.05) is 6.07 Å². The molecule has 0 bridgehead atoms. The molecule has 0 spiro atoms. The SMILES string of the molecule is CCOCCN(/N=C/c1ccc(F)c(OC)c1)C(=O)OC(C)(C)C. The number of hydrogen-bond donors (Lipinski definition) is 0. The van der Waals surface area contributed by atoms with Crippen molar-refractivity contribution in [2.45, 2.75) is 33.3 Å². The van der Waals surface area contributed by atoms with Crippen LogP contribution in [-0.4, -0.2) is 49.8 Å². The lowest BCUT2D eigenvalue weighted by Gasteiger charge is -2.24. The quantitative estimate of drug-likeness (QED) is 0.433. The molecule has 0 radical (unpaired) electrons. The average Bonchev–Trinajstić information content (AvgIpc) is 2.50. The molecule has 0 aliphatic heterocycles. The summed E-state index contributed by atoms with van der Waals surface area (Å²) in [5.74, 6) is -0.355. The van der Waals surface area contributed by atoms with Gasteiger partial charge >= 0.3 is 6.09 Å². The highest BCUT2D eigenvalue weighted by Gasteiger charge is 2.21. The number of rotatable bonds is 7. The fourth-order valence-electron chi connectivity index (χ4n) is 1.70. The van der Waals surface area contributed by atoms with E-state index in [0.717, 1.165) is 0 Å². The van der Waals surface area contributed by atoms with Gasteiger partial charge in [-0.3, -0.25) is 0 Å². The molecule has 1 aromatic rings. The summed E-state index contributed by atoms with van der Waals surface area (Å²) in [6.45, 7) is 8.32. The van der Waals surface area contributed by atoms with Crippen LogP contribution in [0.25, 0.3) is 0 Å². The van der Waals surface area contributed by atoms with Gasteiger partial charge in [-0.25, -0.2) is 9.18 Å². The zero-order chi connectivity index (χ0) is 18.2. The van der Waals surface area contributed by atoms with Crippen LogP contribution < -0.4 is 4.74 Å². The van der Waals surface area contributed by atoms with Gasteiger partial charge in [-0.05, 0) is 45.4 Å². The Labute approximate surface area is 142 Å². The van der Waals surface area contributed by atoms with E-state index < -0.39 is 17.5 Å². The number of ether oxygens (including phenoxy) is 3. The smallest absolute Gasteiger partial charge is 0.430 e. The number of benzene rings is 1. The van der Waals surface area contributed by atoms with Crippen LogP contribution in [0.5, 0.6) is 5.75 Å². The third kappa shape index (κ3) is 6.95. The second kappa shape index (κ2) is 9.22. The number of methoxy groups -OCH3 is 1. The van der Waals surface area contributed by atoms with Crippen LogP contribution in [0.1, 0.15) is 33.3 Å². The van der Waals surface area contributed by atoms with Gasteiger partial charge in [0.1, 0.15) is 5.60 Å². The molecule has 7 heteroatoms. The second-order valence-corrected chi connectivity index (χ2v) is 5.94. The summed E-state index contributed by atoms with van der Waals surface area (Å²) >= 11 is 0. The highest BCUT2D eigenvalue weighted by Crippen LogP contribution is 2.17. The van der Waals surface area contributed by atoms with Crippen LogP contribution in [-0.2, 0) is 9.47 Å². The van der Waals surface area contributed by atoms with Crippen LogP contribution in [0.4, 0.5) is 9.18 Å². The second-order valence-electron chi connectivity index (χ2n) is 5.94. The minimum atomic E-state index is -0.629. The maximum atomic E-state index is 13.4. The number of nitrogens with zero attached hydrogens (tertiary/aromatic N) is 2. The van der Waals surface area contributed by atoms with Crippen molar-refractivity contribution in [3.8, 4) is 5.75 Å². The maximum absolute atomic E-state index is 13.4. The van der Waals surface area contributed by atoms with E-state index in [2.05, 4.69) is 5.10 Å². The first kappa shape index (κ1) is 19.9. The minimum absolute atomic E-state index is 0.108. The van der Waals surface area contributed by atoms with Gasteiger partial charge in [0.25, 0.3) is 0 Å². The Balaban J connectivity index is 2.88. The van der Waals surface area contributed by atoms with Gasteiger partial charge in [0.05, 0.1) is 26.5 Å². The molecule has 6 nitrogen and oxygen atoms in total. The Kier molecular flexibility index (Phi) is 7.64. The van der Waals surface area contributed by atoms with Gasteiger partial charge in [-0.2, -0.15) is 10.1 Å². The standard InChI is InChI=1S/C17H25FN2O4/c1-6-23-10-9-20(16(21)24-17(2,3)4)19-12-13-7-8-14(18)15(11-13)22-5/h7-8,11-12H,6,9-10H2,1-5H3/b19-12+. The van der Waals surface area contributed by atoms with Crippen molar-refractivity contribution in [2.75, 3.05) is 26.9 Å². The molecule has 0 aliphatic rings. The van der Waals surface area contributed by atoms with Gasteiger partial charge in [0.2, 0.25) is 0 Å². The summed E-state index contributed by atoms with van der Waals surface area (Å²) in [5.41, 5.74) is -0.0338. The van der Waals surface area contributed by atoms with E-state index in [1.165, 1.54) is 36.5 Å². The van der Waals surface area contributed by atoms with Crippen LogP contribution in [0.3, 0.4) is 0 Å². The minimum Gasteiger partial charge on any atom is -0.494 e. The van der Waals surface area contributed by atoms with Crippen molar-refractivity contribution in [3.63, 3.8) is 0 Å². The lowest BCUT2D eigenvalue weighted by atomic mass is 10.2. The molecule has 0 aliphatic carbocycles. The van der Waals surface area contributed by atoms with E-state index in [9.17, 15) is 9.18 Å². The maximum Gasteiger partial charge on any atom is 0.430 e. The first-order chi connectivity index (χ1) is 11.3. The molecule has 0 aromatic heterocycles. The Morgan fingerprint density at radius 1 is 1.38 bits per heavy atom. The first-order valence-corrected chi connectivity index (χ1v) is 7.72. The zero-order valence-electron chi connectivity index (χ0n) is 14.8. The Hall–Kier alpha value is -2.15. The van der Waals surface area contributed by atoms with E-state index in [0.29, 0.717) is 18.8 Å². The fourth-order valence-corrected chi connectivity index (χ4v) is 1.70. The largest absolute Gasteiger partial charge is 0.494 e. The predicted octanol–water partition coefficient (Wildman–Crippen LogP) is 3.44. The molecule has 0 saturated carbocycles. The molecule has 0 fully saturated rings. The van der Waals surface area contributed by atoms with Gasteiger partial charge in [0, 0.05) is 6.61 Å². The molecule has 0 atom stereocenters. The highest BCUT2D eigenvalue weighted by molar-refractivity contribution is 5.81. The van der Waals surface area contributed by atoms with Crippen LogP contribution in [0.15, 0.2) is 23.3 Å². The number of amides is 1. The number of carbonyl (C=O) groups excluding carboxylic acids is 1. The fraction of sp³-hybridized carbons (Fsp3) is 0.529. The summed E-state index contributed by atoms with van der Waals surface area (Å²) in [6, 6.07) is 4.31. The van der Waals surface area contributed by atoms with Crippen molar-refractivity contribution in [2.24, 2.45) is 5.10 Å². The summed E-state index contributed by atoms with van der Waals surface area (Å²) in [5, 5.41) is 5.31. The lowest BCUT2D eigenvalue weighted by molar-refractivity contribution is 0.0189. The summed E-state index contributed by atoms with van der Waals surface area (Å²) in [4.78, 5) is 12.2. The van der Waals surface area contributed by atoms with Gasteiger partial charge in [-0.15, -0.1) is 0 Å². The van der Waals surface area contributed by atoms with E-state index in [1.807, 2.05) is 6.92 Å². The van der Waals surface area contributed by atoms with Gasteiger partial charge in [0.15, 0.2) is 11.6 Å². The number of hydrazone groups is 1. The van der Waals surface area contributed by atoms with E-state index in [4.69, 9.17) is 14.2 Å². The zero-order valence-corrected chi connectivity index (χ0v) is 14.8. The number of hydrogen-bond acceptors (Lipinski definition) is 5. The predicted molar refractivity (Wildman–Crippen MR) is 90.0 cm³/mol. The van der Waals surface area contributed by atoms with Crippen molar-refractivity contribution in [1.29, 1.82) is 0 Å². The van der Waals surface area contributed by atoms with Crippen molar-refractivity contribution >= 4 is 12.3 Å². The average molecular weight is 340 g/mol. The van der Waals surface area contributed by atoms with Crippen molar-refractivity contribution in [3.05, 3.63) is 29.6 Å². The summed E-state index contributed by atoms with van der Waals surface area (Å²) < 4.78 is 28.9. The molecular formula is C17H25FN2O4. The first-order valence-electron chi connectivity index (χ1n) is 7.72. The Morgan fingerprint density at radius 2 is 2.08 bits per heavy atom.